The zero-order chi connectivity index (χ0) is 23.2. The second kappa shape index (κ2) is 8.09. The molecule has 0 unspecified atom stereocenters. The largest absolute Gasteiger partial charge is 0.497 e. The van der Waals surface area contributed by atoms with E-state index in [1.165, 1.54) is 29.6 Å². The first kappa shape index (κ1) is 21.3. The van der Waals surface area contributed by atoms with Crippen LogP contribution in [0.2, 0.25) is 0 Å². The Morgan fingerprint density at radius 2 is 1.79 bits per heavy atom. The fourth-order valence-electron chi connectivity index (χ4n) is 3.90. The molecule has 0 bridgehead atoms. The van der Waals surface area contributed by atoms with Crippen molar-refractivity contribution in [2.24, 2.45) is 7.05 Å². The van der Waals surface area contributed by atoms with Gasteiger partial charge in [0.2, 0.25) is 10.0 Å². The molecule has 0 aliphatic carbocycles. The average molecular weight is 469 g/mol. The summed E-state index contributed by atoms with van der Waals surface area (Å²) < 4.78 is 54.5. The predicted octanol–water partition coefficient (Wildman–Crippen LogP) is 3.03. The number of hydrogen-bond acceptors (Lipinski definition) is 7. The number of hydrogen-bond donors (Lipinski definition) is 0. The Morgan fingerprint density at radius 3 is 2.52 bits per heavy atom. The van der Waals surface area contributed by atoms with Crippen LogP contribution in [-0.2, 0) is 30.0 Å². The monoisotopic (exact) mass is 469 g/mol. The van der Waals surface area contributed by atoms with Gasteiger partial charge < -0.3 is 9.15 Å². The van der Waals surface area contributed by atoms with E-state index in [9.17, 15) is 12.8 Å². The molecule has 2 aromatic heterocycles. The van der Waals surface area contributed by atoms with Gasteiger partial charge in [-0.1, -0.05) is 12.1 Å². The van der Waals surface area contributed by atoms with E-state index >= 15 is 0 Å². The first-order valence-corrected chi connectivity index (χ1v) is 11.6. The second-order valence-corrected chi connectivity index (χ2v) is 9.49. The number of benzene rings is 2. The summed E-state index contributed by atoms with van der Waals surface area (Å²) in [4.78, 5) is 0.178. The molecule has 0 saturated carbocycles. The molecule has 1 aliphatic heterocycles. The number of rotatable bonds is 5. The average Bonchev–Trinajstić information content (AvgIpc) is 3.44. The Bertz CT molecular complexity index is 1430. The van der Waals surface area contributed by atoms with Crippen LogP contribution in [0, 0.1) is 5.82 Å². The lowest BCUT2D eigenvalue weighted by Crippen LogP contribution is -2.36. The minimum Gasteiger partial charge on any atom is -0.497 e. The van der Waals surface area contributed by atoms with E-state index in [0.29, 0.717) is 30.0 Å². The normalized spacial score (nSPS) is 14.3. The summed E-state index contributed by atoms with van der Waals surface area (Å²) in [5.74, 6) is 0.230. The molecule has 33 heavy (non-hydrogen) atoms. The molecule has 0 fully saturated rings. The number of halogens is 1. The predicted molar refractivity (Wildman–Crippen MR) is 116 cm³/mol. The van der Waals surface area contributed by atoms with Gasteiger partial charge >= 0.3 is 0 Å². The van der Waals surface area contributed by atoms with Gasteiger partial charge in [-0.05, 0) is 36.4 Å². The number of fused-ring (bicyclic) bond motifs is 1. The molecule has 0 saturated heterocycles. The lowest BCUT2D eigenvalue weighted by molar-refractivity contribution is 0.385. The van der Waals surface area contributed by atoms with Crippen molar-refractivity contribution in [3.8, 4) is 28.8 Å². The van der Waals surface area contributed by atoms with Crippen molar-refractivity contribution in [1.29, 1.82) is 0 Å². The summed E-state index contributed by atoms with van der Waals surface area (Å²) >= 11 is 0. The van der Waals surface area contributed by atoms with Crippen molar-refractivity contribution >= 4 is 10.0 Å². The van der Waals surface area contributed by atoms with Gasteiger partial charge in [-0.2, -0.15) is 9.40 Å². The minimum absolute atomic E-state index is 0.0287. The van der Waals surface area contributed by atoms with Crippen LogP contribution in [0.3, 0.4) is 0 Å². The molecule has 11 heteroatoms. The molecular formula is C22H20FN5O4S. The number of sulfonamides is 1. The van der Waals surface area contributed by atoms with E-state index in [-0.39, 0.29) is 28.8 Å². The maximum absolute atomic E-state index is 14.1. The highest BCUT2D eigenvalue weighted by Gasteiger charge is 2.33. The van der Waals surface area contributed by atoms with Crippen LogP contribution in [0.4, 0.5) is 4.39 Å². The summed E-state index contributed by atoms with van der Waals surface area (Å²) in [5.41, 5.74) is 2.14. The van der Waals surface area contributed by atoms with Gasteiger partial charge in [0.25, 0.3) is 11.8 Å². The first-order chi connectivity index (χ1) is 15.9. The van der Waals surface area contributed by atoms with Crippen LogP contribution in [0.25, 0.3) is 23.0 Å². The number of methoxy groups -OCH3 is 1. The molecule has 9 nitrogen and oxygen atoms in total. The third kappa shape index (κ3) is 3.68. The van der Waals surface area contributed by atoms with Crippen molar-refractivity contribution in [3.63, 3.8) is 0 Å². The zero-order valence-corrected chi connectivity index (χ0v) is 18.7. The van der Waals surface area contributed by atoms with Crippen LogP contribution < -0.4 is 4.74 Å². The van der Waals surface area contributed by atoms with Crippen LogP contribution in [-0.4, -0.2) is 46.4 Å². The molecule has 0 radical (unpaired) electrons. The molecular weight excluding hydrogens is 449 g/mol. The molecule has 0 atom stereocenters. The highest BCUT2D eigenvalue weighted by molar-refractivity contribution is 7.89. The lowest BCUT2D eigenvalue weighted by Gasteiger charge is -2.26. The quantitative estimate of drug-likeness (QED) is 0.443. The SMILES string of the molecule is COc1ccc(S(=O)(=O)N2CCc3c(c(-c4nnc(-c5ccccc5F)o4)nn3C)C2)cc1. The Morgan fingerprint density at radius 1 is 1.06 bits per heavy atom. The lowest BCUT2D eigenvalue weighted by atomic mass is 10.1. The van der Waals surface area contributed by atoms with E-state index in [4.69, 9.17) is 9.15 Å². The van der Waals surface area contributed by atoms with Crippen molar-refractivity contribution in [3.05, 3.63) is 65.6 Å². The molecule has 3 heterocycles. The molecule has 2 aromatic carbocycles. The minimum atomic E-state index is -3.74. The smallest absolute Gasteiger partial charge is 0.268 e. The van der Waals surface area contributed by atoms with E-state index in [0.717, 1.165) is 5.69 Å². The van der Waals surface area contributed by atoms with Gasteiger partial charge in [-0.3, -0.25) is 4.68 Å². The van der Waals surface area contributed by atoms with E-state index in [2.05, 4.69) is 15.3 Å². The summed E-state index contributed by atoms with van der Waals surface area (Å²) in [6.07, 6.45) is 0.475. The zero-order valence-electron chi connectivity index (χ0n) is 17.9. The first-order valence-electron chi connectivity index (χ1n) is 10.2. The van der Waals surface area contributed by atoms with Gasteiger partial charge in [0.05, 0.1) is 17.6 Å². The molecule has 0 spiro atoms. The van der Waals surface area contributed by atoms with Crippen LogP contribution in [0.5, 0.6) is 5.75 Å². The summed E-state index contributed by atoms with van der Waals surface area (Å²) in [6.45, 7) is 0.412. The highest BCUT2D eigenvalue weighted by Crippen LogP contribution is 2.33. The Kier molecular flexibility index (Phi) is 5.22. The number of aryl methyl sites for hydroxylation is 1. The van der Waals surface area contributed by atoms with Gasteiger partial charge in [-0.15, -0.1) is 10.2 Å². The van der Waals surface area contributed by atoms with Crippen molar-refractivity contribution in [1.82, 2.24) is 24.3 Å². The van der Waals surface area contributed by atoms with Crippen molar-refractivity contribution < 1.29 is 22.0 Å². The molecule has 0 N–H and O–H groups in total. The molecule has 4 aromatic rings. The van der Waals surface area contributed by atoms with Crippen LogP contribution >= 0.6 is 0 Å². The van der Waals surface area contributed by atoms with Gasteiger partial charge in [0, 0.05) is 37.8 Å². The summed E-state index contributed by atoms with van der Waals surface area (Å²) in [7, 11) is -0.434. The van der Waals surface area contributed by atoms with E-state index in [1.54, 1.807) is 42.1 Å². The summed E-state index contributed by atoms with van der Waals surface area (Å²) in [6, 6.07) is 12.4. The molecule has 170 valence electrons. The number of ether oxygens (including phenoxy) is 1. The summed E-state index contributed by atoms with van der Waals surface area (Å²) in [5, 5.41) is 12.5. The van der Waals surface area contributed by atoms with Crippen LogP contribution in [0.1, 0.15) is 11.3 Å². The van der Waals surface area contributed by atoms with Gasteiger partial charge in [0.1, 0.15) is 11.6 Å². The standard InChI is InChI=1S/C22H20FN5O4S/c1-27-19-11-12-28(33(29,30)15-9-7-14(31-2)8-10-15)13-17(19)20(26-27)22-25-24-21(32-22)16-5-3-4-6-18(16)23/h3-10H,11-13H2,1-2H3. The Hall–Kier alpha value is -3.57. The van der Waals surface area contributed by atoms with E-state index in [1.807, 2.05) is 0 Å². The van der Waals surface area contributed by atoms with Crippen LogP contribution in [0.15, 0.2) is 57.8 Å². The van der Waals surface area contributed by atoms with Gasteiger partial charge in [-0.25, -0.2) is 12.8 Å². The van der Waals surface area contributed by atoms with Gasteiger partial charge in [0.15, 0.2) is 5.69 Å². The Labute approximate surface area is 189 Å². The number of aromatic nitrogens is 4. The molecule has 1 aliphatic rings. The molecule has 5 rings (SSSR count). The fourth-order valence-corrected chi connectivity index (χ4v) is 5.31. The Balaban J connectivity index is 1.49. The highest BCUT2D eigenvalue weighted by atomic mass is 32.2. The van der Waals surface area contributed by atoms with Crippen molar-refractivity contribution in [2.45, 2.75) is 17.9 Å². The third-order valence-corrected chi connectivity index (χ3v) is 7.50. The maximum Gasteiger partial charge on any atom is 0.268 e. The fraction of sp³-hybridized carbons (Fsp3) is 0.227. The second-order valence-electron chi connectivity index (χ2n) is 7.55. The van der Waals surface area contributed by atoms with E-state index < -0.39 is 15.8 Å². The molecule has 0 amide bonds. The topological polar surface area (TPSA) is 103 Å². The third-order valence-electron chi connectivity index (χ3n) is 5.64. The number of nitrogens with zero attached hydrogens (tertiary/aromatic N) is 5. The maximum atomic E-state index is 14.1. The van der Waals surface area contributed by atoms with Crippen molar-refractivity contribution in [2.75, 3.05) is 13.7 Å².